The molecule has 3 rings (SSSR count). The quantitative estimate of drug-likeness (QED) is 0.559. The monoisotopic (exact) mass is 447 g/mol. The van der Waals surface area contributed by atoms with Crippen LogP contribution in [0.2, 0.25) is 0 Å². The van der Waals surface area contributed by atoms with Crippen molar-refractivity contribution in [3.05, 3.63) is 54.1 Å². The number of ether oxygens (including phenoxy) is 1. The number of aryl methyl sites for hydroxylation is 1. The molecule has 0 spiro atoms. The number of alkyl halides is 3. The molecule has 2 aromatic rings. The Hall–Kier alpha value is -2.86. The minimum absolute atomic E-state index is 0.179. The lowest BCUT2D eigenvalue weighted by Gasteiger charge is -2.23. The van der Waals surface area contributed by atoms with Gasteiger partial charge in [-0.25, -0.2) is 12.8 Å². The first-order valence-corrected chi connectivity index (χ1v) is 9.93. The van der Waals surface area contributed by atoms with E-state index in [1.54, 1.807) is 0 Å². The number of fused-ring (bicyclic) bond motifs is 1. The van der Waals surface area contributed by atoms with Crippen LogP contribution in [-0.4, -0.2) is 31.0 Å². The molecule has 1 aliphatic rings. The maximum Gasteiger partial charge on any atom is 0.419 e. The van der Waals surface area contributed by atoms with Crippen LogP contribution < -0.4 is 14.8 Å². The van der Waals surface area contributed by atoms with Gasteiger partial charge in [0.05, 0.1) is 11.1 Å². The lowest BCUT2D eigenvalue weighted by atomic mass is 10.1. The third-order valence-electron chi connectivity index (χ3n) is 4.47. The summed E-state index contributed by atoms with van der Waals surface area (Å²) in [5, 5.41) is 2.22. The molecule has 7 nitrogen and oxygen atoms in total. The zero-order valence-corrected chi connectivity index (χ0v) is 16.6. The highest BCUT2D eigenvalue weighted by atomic mass is 32.2. The van der Waals surface area contributed by atoms with Gasteiger partial charge < -0.3 is 14.6 Å². The SMILES string of the molecule is C=C[C@@]1(C)COc2c(cn(C)c2C(=O)Nc2ccc(F)c(C(F)(F)F)c2)S(=O)(=O)N1. The predicted molar refractivity (Wildman–Crippen MR) is 99.2 cm³/mol. The first kappa shape index (κ1) is 21.8. The first-order chi connectivity index (χ1) is 13.8. The number of rotatable bonds is 3. The minimum atomic E-state index is -4.95. The number of halogens is 4. The van der Waals surface area contributed by atoms with Gasteiger partial charge in [-0.3, -0.25) is 4.79 Å². The van der Waals surface area contributed by atoms with E-state index in [4.69, 9.17) is 4.74 Å². The Morgan fingerprint density at radius 2 is 2.07 bits per heavy atom. The van der Waals surface area contributed by atoms with E-state index in [-0.39, 0.29) is 28.6 Å². The summed E-state index contributed by atoms with van der Waals surface area (Å²) >= 11 is 0. The standard InChI is InChI=1S/C18H17F4N3O4S/c1-4-17(2)9-29-15-13(30(27,28)24-17)8-25(3)14(15)16(26)23-10-5-6-12(19)11(7-10)18(20,21)22/h4-8,24H,1,9H2,2-3H3,(H,23,26)/t17-/m0/s1. The number of nitrogens with one attached hydrogen (secondary N) is 2. The number of carbonyl (C=O) groups excluding carboxylic acids is 1. The van der Waals surface area contributed by atoms with Crippen molar-refractivity contribution in [1.82, 2.24) is 9.29 Å². The molecular weight excluding hydrogens is 430 g/mol. The topological polar surface area (TPSA) is 89.4 Å². The molecule has 2 N–H and O–H groups in total. The molecule has 1 atom stereocenters. The molecule has 1 aromatic carbocycles. The summed E-state index contributed by atoms with van der Waals surface area (Å²) < 4.78 is 86.6. The second kappa shape index (κ2) is 7.13. The van der Waals surface area contributed by atoms with Gasteiger partial charge >= 0.3 is 6.18 Å². The number of amides is 1. The smallest absolute Gasteiger partial charge is 0.419 e. The lowest BCUT2D eigenvalue weighted by molar-refractivity contribution is -0.139. The van der Waals surface area contributed by atoms with Gasteiger partial charge in [0.2, 0.25) is 10.0 Å². The summed E-state index contributed by atoms with van der Waals surface area (Å²) in [5.74, 6) is -2.68. The molecule has 30 heavy (non-hydrogen) atoms. The second-order valence-corrected chi connectivity index (χ2v) is 8.60. The van der Waals surface area contributed by atoms with E-state index in [1.165, 1.54) is 24.6 Å². The van der Waals surface area contributed by atoms with Gasteiger partial charge in [0.15, 0.2) is 11.4 Å². The number of hydrogen-bond donors (Lipinski definition) is 2. The number of nitrogens with zero attached hydrogens (tertiary/aromatic N) is 1. The van der Waals surface area contributed by atoms with E-state index in [0.717, 1.165) is 12.3 Å². The molecule has 12 heteroatoms. The van der Waals surface area contributed by atoms with Gasteiger partial charge in [0.1, 0.15) is 17.3 Å². The lowest BCUT2D eigenvalue weighted by Crippen LogP contribution is -2.46. The van der Waals surface area contributed by atoms with Crippen LogP contribution in [-0.2, 0) is 23.2 Å². The van der Waals surface area contributed by atoms with Crippen LogP contribution in [0, 0.1) is 5.82 Å². The second-order valence-electron chi connectivity index (χ2n) is 6.94. The Bertz CT molecular complexity index is 1140. The highest BCUT2D eigenvalue weighted by Gasteiger charge is 2.39. The molecule has 162 valence electrons. The number of benzene rings is 1. The maximum atomic E-state index is 13.5. The van der Waals surface area contributed by atoms with E-state index in [9.17, 15) is 30.8 Å². The van der Waals surface area contributed by atoms with Crippen molar-refractivity contribution >= 4 is 21.6 Å². The van der Waals surface area contributed by atoms with E-state index in [2.05, 4.69) is 16.6 Å². The largest absolute Gasteiger partial charge is 0.487 e. The fourth-order valence-electron chi connectivity index (χ4n) is 2.89. The average molecular weight is 447 g/mol. The number of anilines is 1. The van der Waals surface area contributed by atoms with Crippen LogP contribution in [0.25, 0.3) is 0 Å². The molecule has 0 radical (unpaired) electrons. The van der Waals surface area contributed by atoms with Crippen molar-refractivity contribution in [1.29, 1.82) is 0 Å². The summed E-state index contributed by atoms with van der Waals surface area (Å²) in [6.07, 6.45) is -2.47. The Labute approximate surface area is 169 Å². The van der Waals surface area contributed by atoms with Crippen LogP contribution in [0.5, 0.6) is 5.75 Å². The third kappa shape index (κ3) is 3.92. The van der Waals surface area contributed by atoms with E-state index in [0.29, 0.717) is 12.1 Å². The number of sulfonamides is 1. The molecule has 0 fully saturated rings. The fourth-order valence-corrected chi connectivity index (χ4v) is 4.46. The van der Waals surface area contributed by atoms with Gasteiger partial charge in [-0.1, -0.05) is 6.08 Å². The fraction of sp³-hybridized carbons (Fsp3) is 0.278. The molecule has 0 bridgehead atoms. The van der Waals surface area contributed by atoms with E-state index < -0.39 is 39.0 Å². The molecule has 1 aromatic heterocycles. The molecule has 1 aliphatic heterocycles. The van der Waals surface area contributed by atoms with Crippen LogP contribution in [0.3, 0.4) is 0 Å². The summed E-state index contributed by atoms with van der Waals surface area (Å²) in [7, 11) is -2.71. The summed E-state index contributed by atoms with van der Waals surface area (Å²) in [5.41, 5.74) is -3.25. The predicted octanol–water partition coefficient (Wildman–Crippen LogP) is 3.05. The number of aromatic nitrogens is 1. The molecule has 2 heterocycles. The summed E-state index contributed by atoms with van der Waals surface area (Å²) in [6.45, 7) is 4.91. The van der Waals surface area contributed by atoms with Crippen molar-refractivity contribution in [2.75, 3.05) is 11.9 Å². The van der Waals surface area contributed by atoms with Crippen LogP contribution in [0.4, 0.5) is 23.2 Å². The number of carbonyl (C=O) groups is 1. The molecule has 0 aliphatic carbocycles. The van der Waals surface area contributed by atoms with Crippen molar-refractivity contribution < 1.29 is 35.5 Å². The number of hydrogen-bond acceptors (Lipinski definition) is 4. The van der Waals surface area contributed by atoms with Gasteiger partial charge in [-0.15, -0.1) is 6.58 Å². The van der Waals surface area contributed by atoms with Gasteiger partial charge in [-0.2, -0.15) is 17.9 Å². The Kier molecular flexibility index (Phi) is 5.19. The summed E-state index contributed by atoms with van der Waals surface area (Å²) in [6, 6.07) is 1.98. The van der Waals surface area contributed by atoms with E-state index >= 15 is 0 Å². The molecule has 0 saturated carbocycles. The Morgan fingerprint density at radius 1 is 1.40 bits per heavy atom. The highest BCUT2D eigenvalue weighted by Crippen LogP contribution is 2.36. The highest BCUT2D eigenvalue weighted by molar-refractivity contribution is 7.89. The van der Waals surface area contributed by atoms with Crippen molar-refractivity contribution in [2.24, 2.45) is 7.05 Å². The van der Waals surface area contributed by atoms with Crippen molar-refractivity contribution in [3.63, 3.8) is 0 Å². The van der Waals surface area contributed by atoms with Crippen LogP contribution in [0.1, 0.15) is 23.0 Å². The molecule has 0 saturated heterocycles. The zero-order valence-electron chi connectivity index (χ0n) is 15.8. The van der Waals surface area contributed by atoms with Gasteiger partial charge in [0.25, 0.3) is 5.91 Å². The molecular formula is C18H17F4N3O4S. The minimum Gasteiger partial charge on any atom is -0.487 e. The normalized spacial score (nSPS) is 20.6. The van der Waals surface area contributed by atoms with Gasteiger partial charge in [0, 0.05) is 18.9 Å². The average Bonchev–Trinajstić information content (AvgIpc) is 2.93. The third-order valence-corrected chi connectivity index (χ3v) is 6.08. The van der Waals surface area contributed by atoms with Crippen molar-refractivity contribution in [3.8, 4) is 5.75 Å². The van der Waals surface area contributed by atoms with Crippen molar-refractivity contribution in [2.45, 2.75) is 23.5 Å². The molecule has 1 amide bonds. The van der Waals surface area contributed by atoms with Crippen LogP contribution >= 0.6 is 0 Å². The van der Waals surface area contributed by atoms with E-state index in [1.807, 2.05) is 0 Å². The zero-order chi connectivity index (χ0) is 22.5. The van der Waals surface area contributed by atoms with Gasteiger partial charge in [-0.05, 0) is 25.1 Å². The van der Waals surface area contributed by atoms with Crippen LogP contribution in [0.15, 0.2) is 41.9 Å². The Balaban J connectivity index is 2.01. The summed E-state index contributed by atoms with van der Waals surface area (Å²) in [4.78, 5) is 12.4. The maximum absolute atomic E-state index is 13.5. The molecule has 0 unspecified atom stereocenters. The first-order valence-electron chi connectivity index (χ1n) is 8.45. The Morgan fingerprint density at radius 3 is 2.67 bits per heavy atom.